The molecule has 174 valence electrons. The molecule has 0 fully saturated rings. The molecule has 0 spiro atoms. The van der Waals surface area contributed by atoms with E-state index in [1.165, 1.54) is 24.4 Å². The molecule has 34 heavy (non-hydrogen) atoms. The van der Waals surface area contributed by atoms with Crippen molar-refractivity contribution < 1.29 is 18.9 Å². The van der Waals surface area contributed by atoms with Crippen LogP contribution < -0.4 is 10.1 Å². The van der Waals surface area contributed by atoms with Gasteiger partial charge in [0.15, 0.2) is 11.5 Å². The van der Waals surface area contributed by atoms with Crippen molar-refractivity contribution in [2.75, 3.05) is 5.32 Å². The molecule has 2 heterocycles. The summed E-state index contributed by atoms with van der Waals surface area (Å²) in [6, 6.07) is 13.0. The van der Waals surface area contributed by atoms with Crippen LogP contribution in [-0.2, 0) is 13.2 Å². The highest BCUT2D eigenvalue weighted by molar-refractivity contribution is 6.42. The van der Waals surface area contributed by atoms with E-state index in [1.807, 2.05) is 6.07 Å². The Kier molecular flexibility index (Phi) is 6.85. The number of aryl methyl sites for hydroxylation is 1. The number of nitrogens with one attached hydrogen (secondary N) is 1. The van der Waals surface area contributed by atoms with E-state index in [1.54, 1.807) is 42.1 Å². The maximum Gasteiger partial charge on any atom is 0.311 e. The number of nitrogens with zero attached hydrogens (tertiary/aromatic N) is 3. The molecule has 0 bridgehead atoms. The van der Waals surface area contributed by atoms with Gasteiger partial charge >= 0.3 is 5.69 Å². The molecule has 4 aromatic rings. The molecule has 0 saturated heterocycles. The Labute approximate surface area is 204 Å². The zero-order valence-electron chi connectivity index (χ0n) is 17.8. The Balaban J connectivity index is 1.36. The van der Waals surface area contributed by atoms with Gasteiger partial charge in [0.05, 0.1) is 33.4 Å². The van der Waals surface area contributed by atoms with Crippen molar-refractivity contribution in [3.63, 3.8) is 0 Å². The fourth-order valence-corrected chi connectivity index (χ4v) is 3.47. The minimum atomic E-state index is -0.509. The molecule has 9 nitrogen and oxygen atoms in total. The van der Waals surface area contributed by atoms with Crippen molar-refractivity contribution in [2.24, 2.45) is 0 Å². The van der Waals surface area contributed by atoms with Gasteiger partial charge in [-0.05, 0) is 48.4 Å². The number of aromatic nitrogens is 2. The van der Waals surface area contributed by atoms with Gasteiger partial charge in [0.1, 0.15) is 12.4 Å². The van der Waals surface area contributed by atoms with Gasteiger partial charge in [-0.25, -0.2) is 0 Å². The predicted molar refractivity (Wildman–Crippen MR) is 127 cm³/mol. The average molecular weight is 501 g/mol. The van der Waals surface area contributed by atoms with Crippen LogP contribution in [0.4, 0.5) is 11.4 Å². The van der Waals surface area contributed by atoms with Crippen LogP contribution in [0.25, 0.3) is 0 Å². The molecule has 11 heteroatoms. The van der Waals surface area contributed by atoms with Crippen LogP contribution in [0.15, 0.2) is 65.3 Å². The van der Waals surface area contributed by atoms with Crippen LogP contribution in [0.3, 0.4) is 0 Å². The second-order valence-corrected chi connectivity index (χ2v) is 8.23. The number of nitro benzene ring substituents is 1. The Morgan fingerprint density at radius 1 is 1.18 bits per heavy atom. The fraction of sp³-hybridized carbons (Fsp3) is 0.130. The van der Waals surface area contributed by atoms with Crippen LogP contribution in [0, 0.1) is 17.0 Å². The van der Waals surface area contributed by atoms with Crippen LogP contribution in [0.2, 0.25) is 10.0 Å². The first kappa shape index (κ1) is 23.3. The number of hydrogen-bond acceptors (Lipinski definition) is 6. The highest BCUT2D eigenvalue weighted by Crippen LogP contribution is 2.29. The van der Waals surface area contributed by atoms with Crippen LogP contribution >= 0.6 is 23.2 Å². The van der Waals surface area contributed by atoms with Crippen molar-refractivity contribution >= 4 is 40.5 Å². The standard InChI is InChI=1S/C23H18Cl2N4O5/c1-14-2-6-21(20(8-14)29(31)32)33-13-17-4-7-22(34-17)23(30)27-16-10-26-28(12-16)11-15-3-5-18(24)19(25)9-15/h2-10,12H,11,13H2,1H3,(H,27,30). The molecule has 0 unspecified atom stereocenters. The number of benzene rings is 2. The number of ether oxygens (including phenoxy) is 1. The minimum absolute atomic E-state index is 0.0641. The van der Waals surface area contributed by atoms with Crippen molar-refractivity contribution in [3.8, 4) is 5.75 Å². The van der Waals surface area contributed by atoms with Crippen molar-refractivity contribution in [1.29, 1.82) is 0 Å². The van der Waals surface area contributed by atoms with Gasteiger partial charge in [-0.2, -0.15) is 5.10 Å². The highest BCUT2D eigenvalue weighted by Gasteiger charge is 2.17. The number of hydrogen-bond donors (Lipinski definition) is 1. The molecule has 1 N–H and O–H groups in total. The Hall–Kier alpha value is -3.82. The summed E-state index contributed by atoms with van der Waals surface area (Å²) in [6.45, 7) is 2.13. The van der Waals surface area contributed by atoms with Gasteiger partial charge in [0.25, 0.3) is 5.91 Å². The molecule has 2 aromatic carbocycles. The third-order valence-corrected chi connectivity index (χ3v) is 5.53. The van der Waals surface area contributed by atoms with E-state index in [0.717, 1.165) is 11.1 Å². The van der Waals surface area contributed by atoms with E-state index in [9.17, 15) is 14.9 Å². The maximum atomic E-state index is 12.5. The first-order chi connectivity index (χ1) is 16.3. The van der Waals surface area contributed by atoms with E-state index in [-0.39, 0.29) is 23.8 Å². The lowest BCUT2D eigenvalue weighted by Gasteiger charge is -2.06. The number of rotatable bonds is 8. The molecule has 0 aliphatic carbocycles. The smallest absolute Gasteiger partial charge is 0.311 e. The highest BCUT2D eigenvalue weighted by atomic mass is 35.5. The van der Waals surface area contributed by atoms with E-state index in [2.05, 4.69) is 10.4 Å². The molecular formula is C23H18Cl2N4O5. The molecule has 2 aromatic heterocycles. The van der Waals surface area contributed by atoms with Crippen LogP contribution in [0.1, 0.15) is 27.4 Å². The molecule has 0 saturated carbocycles. The quantitative estimate of drug-likeness (QED) is 0.238. The van der Waals surface area contributed by atoms with Crippen molar-refractivity contribution in [3.05, 3.63) is 104 Å². The van der Waals surface area contributed by atoms with Gasteiger partial charge in [0.2, 0.25) is 0 Å². The zero-order chi connectivity index (χ0) is 24.2. The fourth-order valence-electron chi connectivity index (χ4n) is 3.15. The molecule has 0 radical (unpaired) electrons. The number of anilines is 1. The lowest BCUT2D eigenvalue weighted by atomic mass is 10.2. The van der Waals surface area contributed by atoms with Gasteiger partial charge < -0.3 is 14.5 Å². The van der Waals surface area contributed by atoms with Gasteiger partial charge in [-0.15, -0.1) is 0 Å². The van der Waals surface area contributed by atoms with Gasteiger partial charge in [-0.3, -0.25) is 19.6 Å². The molecule has 4 rings (SSSR count). The van der Waals surface area contributed by atoms with Crippen molar-refractivity contribution in [1.82, 2.24) is 9.78 Å². The summed E-state index contributed by atoms with van der Waals surface area (Å²) >= 11 is 12.0. The third-order valence-electron chi connectivity index (χ3n) is 4.79. The van der Waals surface area contributed by atoms with E-state index in [0.29, 0.717) is 28.0 Å². The summed E-state index contributed by atoms with van der Waals surface area (Å²) in [6.07, 6.45) is 3.18. The normalized spacial score (nSPS) is 10.8. The monoisotopic (exact) mass is 500 g/mol. The van der Waals surface area contributed by atoms with E-state index in [4.69, 9.17) is 32.4 Å². The lowest BCUT2D eigenvalue weighted by Crippen LogP contribution is -2.10. The topological polar surface area (TPSA) is 112 Å². The Morgan fingerprint density at radius 2 is 2.00 bits per heavy atom. The lowest BCUT2D eigenvalue weighted by molar-refractivity contribution is -0.386. The number of carbonyl (C=O) groups excluding carboxylic acids is 1. The molecule has 0 aliphatic rings. The number of carbonyl (C=O) groups is 1. The third kappa shape index (κ3) is 5.56. The maximum absolute atomic E-state index is 12.5. The summed E-state index contributed by atoms with van der Waals surface area (Å²) in [7, 11) is 0. The Morgan fingerprint density at radius 3 is 2.76 bits per heavy atom. The molecule has 0 aliphatic heterocycles. The van der Waals surface area contributed by atoms with E-state index >= 15 is 0 Å². The molecule has 1 amide bonds. The number of amides is 1. The number of furan rings is 1. The van der Waals surface area contributed by atoms with Crippen LogP contribution in [-0.4, -0.2) is 20.6 Å². The summed E-state index contributed by atoms with van der Waals surface area (Å²) in [5, 5.41) is 19.1. The Bertz CT molecular complexity index is 1370. The van der Waals surface area contributed by atoms with Gasteiger partial charge in [0, 0.05) is 12.3 Å². The SMILES string of the molecule is Cc1ccc(OCc2ccc(C(=O)Nc3cnn(Cc4ccc(Cl)c(Cl)c4)c3)o2)c([N+](=O)[O-])c1. The van der Waals surface area contributed by atoms with Crippen LogP contribution in [0.5, 0.6) is 5.75 Å². The summed E-state index contributed by atoms with van der Waals surface area (Å²) in [5.41, 5.74) is 1.99. The minimum Gasteiger partial charge on any atom is -0.479 e. The second kappa shape index (κ2) is 9.98. The number of halogens is 2. The molecular weight excluding hydrogens is 483 g/mol. The number of nitro groups is 1. The van der Waals surface area contributed by atoms with Crippen molar-refractivity contribution in [2.45, 2.75) is 20.1 Å². The molecule has 0 atom stereocenters. The first-order valence-corrected chi connectivity index (χ1v) is 10.8. The first-order valence-electron chi connectivity index (χ1n) is 10.0. The second-order valence-electron chi connectivity index (χ2n) is 7.41. The average Bonchev–Trinajstić information content (AvgIpc) is 3.45. The zero-order valence-corrected chi connectivity index (χ0v) is 19.3. The summed E-state index contributed by atoms with van der Waals surface area (Å²) < 4.78 is 12.7. The largest absolute Gasteiger partial charge is 0.479 e. The summed E-state index contributed by atoms with van der Waals surface area (Å²) in [4.78, 5) is 23.2. The van der Waals surface area contributed by atoms with E-state index < -0.39 is 10.8 Å². The van der Waals surface area contributed by atoms with Gasteiger partial charge in [-0.1, -0.05) is 35.3 Å². The predicted octanol–water partition coefficient (Wildman–Crippen LogP) is 5.88. The summed E-state index contributed by atoms with van der Waals surface area (Å²) in [5.74, 6) is 0.0543.